The van der Waals surface area contributed by atoms with Crippen molar-refractivity contribution in [2.75, 3.05) is 45.3 Å². The maximum atomic E-state index is 11.6. The van der Waals surface area contributed by atoms with E-state index in [0.717, 1.165) is 5.69 Å². The van der Waals surface area contributed by atoms with Crippen LogP contribution in [-0.4, -0.2) is 62.9 Å². The van der Waals surface area contributed by atoms with E-state index in [1.807, 2.05) is 19.9 Å². The Bertz CT molecular complexity index is 670. The molecule has 1 saturated heterocycles. The molecule has 7 heteroatoms. The Hall–Kier alpha value is -1.81. The quantitative estimate of drug-likeness (QED) is 0.801. The molecule has 136 valence electrons. The predicted octanol–water partition coefficient (Wildman–Crippen LogP) is 2.30. The average molecular weight is 366 g/mol. The van der Waals surface area contributed by atoms with Crippen molar-refractivity contribution in [3.63, 3.8) is 0 Å². The number of anilines is 1. The summed E-state index contributed by atoms with van der Waals surface area (Å²) in [6, 6.07) is 7.48. The first-order valence-electron chi connectivity index (χ1n) is 8.12. The number of carbonyl (C=O) groups is 1. The van der Waals surface area contributed by atoms with Crippen molar-refractivity contribution in [2.45, 2.75) is 25.6 Å². The molecule has 0 aromatic heterocycles. The van der Waals surface area contributed by atoms with Crippen LogP contribution in [0.4, 0.5) is 5.69 Å². The van der Waals surface area contributed by atoms with Crippen molar-refractivity contribution in [3.05, 3.63) is 28.8 Å². The fourth-order valence-corrected chi connectivity index (χ4v) is 2.99. The van der Waals surface area contributed by atoms with Crippen molar-refractivity contribution < 1.29 is 14.3 Å². The summed E-state index contributed by atoms with van der Waals surface area (Å²) in [5.74, 6) is -0.0780. The van der Waals surface area contributed by atoms with E-state index in [-0.39, 0.29) is 24.2 Å². The van der Waals surface area contributed by atoms with Gasteiger partial charge in [-0.2, -0.15) is 5.26 Å². The molecule has 1 fully saturated rings. The smallest absolute Gasteiger partial charge is 0.248 e. The van der Waals surface area contributed by atoms with Crippen LogP contribution in [0.1, 0.15) is 19.4 Å². The molecule has 0 saturated carbocycles. The van der Waals surface area contributed by atoms with Gasteiger partial charge in [0.05, 0.1) is 28.9 Å². The SMILES string of the molecule is CN(C)C(=O)COCC1CN(c2ccc(C#N)c(Cl)c2)CC(C)(C)O1. The van der Waals surface area contributed by atoms with Gasteiger partial charge in [0.2, 0.25) is 5.91 Å². The van der Waals surface area contributed by atoms with Gasteiger partial charge in [0.15, 0.2) is 0 Å². The molecule has 1 aromatic carbocycles. The van der Waals surface area contributed by atoms with Crippen molar-refractivity contribution in [1.82, 2.24) is 4.90 Å². The van der Waals surface area contributed by atoms with Crippen LogP contribution in [0.2, 0.25) is 5.02 Å². The zero-order valence-corrected chi connectivity index (χ0v) is 15.8. The lowest BCUT2D eigenvalue weighted by atomic mass is 10.0. The highest BCUT2D eigenvalue weighted by Crippen LogP contribution is 2.29. The first kappa shape index (κ1) is 19.5. The van der Waals surface area contributed by atoms with Gasteiger partial charge in [-0.1, -0.05) is 11.6 Å². The highest BCUT2D eigenvalue weighted by molar-refractivity contribution is 6.32. The number of benzene rings is 1. The molecule has 0 aliphatic carbocycles. The lowest BCUT2D eigenvalue weighted by Gasteiger charge is -2.43. The molecule has 1 amide bonds. The van der Waals surface area contributed by atoms with Crippen LogP contribution in [0.5, 0.6) is 0 Å². The Kier molecular flexibility index (Phi) is 6.28. The summed E-state index contributed by atoms with van der Waals surface area (Å²) in [4.78, 5) is 15.3. The van der Waals surface area contributed by atoms with Gasteiger partial charge in [0, 0.05) is 32.9 Å². The van der Waals surface area contributed by atoms with Crippen molar-refractivity contribution >= 4 is 23.2 Å². The second kappa shape index (κ2) is 8.05. The molecule has 6 nitrogen and oxygen atoms in total. The van der Waals surface area contributed by atoms with E-state index in [1.54, 1.807) is 26.2 Å². The summed E-state index contributed by atoms with van der Waals surface area (Å²) in [6.45, 7) is 5.73. The molecule has 1 aliphatic heterocycles. The standard InChI is InChI=1S/C18H24ClN3O3/c1-18(2)12-22(14-6-5-13(8-20)16(19)7-14)9-15(25-18)10-24-11-17(23)21(3)4/h5-7,15H,9-12H2,1-4H3. The number of halogens is 1. The van der Waals surface area contributed by atoms with Crippen LogP contribution in [-0.2, 0) is 14.3 Å². The minimum absolute atomic E-state index is 0.0377. The molecule has 0 radical (unpaired) electrons. The van der Waals surface area contributed by atoms with E-state index in [9.17, 15) is 4.79 Å². The van der Waals surface area contributed by atoms with E-state index >= 15 is 0 Å². The van der Waals surface area contributed by atoms with Crippen LogP contribution < -0.4 is 4.90 Å². The minimum atomic E-state index is -0.363. The summed E-state index contributed by atoms with van der Waals surface area (Å²) in [5.41, 5.74) is 1.04. The molecule has 1 aliphatic rings. The molecular weight excluding hydrogens is 342 g/mol. The van der Waals surface area contributed by atoms with Crippen molar-refractivity contribution in [3.8, 4) is 6.07 Å². The molecule has 0 bridgehead atoms. The lowest BCUT2D eigenvalue weighted by molar-refractivity contribution is -0.139. The average Bonchev–Trinajstić information content (AvgIpc) is 2.53. The van der Waals surface area contributed by atoms with E-state index in [0.29, 0.717) is 30.3 Å². The zero-order valence-electron chi connectivity index (χ0n) is 15.1. The Balaban J connectivity index is 2.04. The van der Waals surface area contributed by atoms with Crippen LogP contribution in [0.25, 0.3) is 0 Å². The number of ether oxygens (including phenoxy) is 2. The van der Waals surface area contributed by atoms with E-state index in [1.165, 1.54) is 4.90 Å². The van der Waals surface area contributed by atoms with Gasteiger partial charge in [0.1, 0.15) is 12.7 Å². The highest BCUT2D eigenvalue weighted by atomic mass is 35.5. The number of amides is 1. The van der Waals surface area contributed by atoms with E-state index in [4.69, 9.17) is 26.3 Å². The Labute approximate surface area is 153 Å². The molecular formula is C18H24ClN3O3. The molecule has 0 N–H and O–H groups in total. The third kappa shape index (κ3) is 5.33. The normalized spacial score (nSPS) is 19.4. The number of carbonyl (C=O) groups excluding carboxylic acids is 1. The van der Waals surface area contributed by atoms with Crippen molar-refractivity contribution in [1.29, 1.82) is 5.26 Å². The number of hydrogen-bond acceptors (Lipinski definition) is 5. The predicted molar refractivity (Wildman–Crippen MR) is 96.8 cm³/mol. The third-order valence-corrected chi connectivity index (χ3v) is 4.26. The Morgan fingerprint density at radius 1 is 1.52 bits per heavy atom. The molecule has 1 atom stereocenters. The second-order valence-corrected chi connectivity index (χ2v) is 7.37. The molecule has 2 rings (SSSR count). The summed E-state index contributed by atoms with van der Waals surface area (Å²) in [7, 11) is 3.39. The first-order chi connectivity index (χ1) is 11.7. The number of nitriles is 1. The first-order valence-corrected chi connectivity index (χ1v) is 8.50. The Morgan fingerprint density at radius 2 is 2.24 bits per heavy atom. The number of rotatable bonds is 5. The van der Waals surface area contributed by atoms with Crippen LogP contribution in [0.15, 0.2) is 18.2 Å². The van der Waals surface area contributed by atoms with Gasteiger partial charge in [0.25, 0.3) is 0 Å². The van der Waals surface area contributed by atoms with Gasteiger partial charge < -0.3 is 19.3 Å². The fourth-order valence-electron chi connectivity index (χ4n) is 2.78. The van der Waals surface area contributed by atoms with Crippen LogP contribution in [0, 0.1) is 11.3 Å². The summed E-state index contributed by atoms with van der Waals surface area (Å²) >= 11 is 6.16. The lowest BCUT2D eigenvalue weighted by Crippen LogP contribution is -2.54. The van der Waals surface area contributed by atoms with Gasteiger partial charge in [-0.15, -0.1) is 0 Å². The molecule has 0 spiro atoms. The molecule has 1 aromatic rings. The minimum Gasteiger partial charge on any atom is -0.369 e. The maximum Gasteiger partial charge on any atom is 0.248 e. The number of hydrogen-bond donors (Lipinski definition) is 0. The molecule has 1 unspecified atom stereocenters. The Morgan fingerprint density at radius 3 is 2.84 bits per heavy atom. The topological polar surface area (TPSA) is 65.8 Å². The highest BCUT2D eigenvalue weighted by Gasteiger charge is 2.34. The summed E-state index contributed by atoms with van der Waals surface area (Å²) in [6.07, 6.45) is -0.159. The van der Waals surface area contributed by atoms with Gasteiger partial charge in [-0.05, 0) is 32.0 Å². The van der Waals surface area contributed by atoms with Gasteiger partial charge in [-0.3, -0.25) is 4.79 Å². The number of likely N-dealkylation sites (N-methyl/N-ethyl adjacent to an activating group) is 1. The molecule has 1 heterocycles. The monoisotopic (exact) mass is 365 g/mol. The summed E-state index contributed by atoms with van der Waals surface area (Å²) in [5, 5.41) is 9.45. The number of morpholine rings is 1. The van der Waals surface area contributed by atoms with Gasteiger partial charge >= 0.3 is 0 Å². The zero-order chi connectivity index (χ0) is 18.6. The number of nitrogens with zero attached hydrogens (tertiary/aromatic N) is 3. The molecule has 25 heavy (non-hydrogen) atoms. The van der Waals surface area contributed by atoms with Crippen LogP contribution >= 0.6 is 11.6 Å². The summed E-state index contributed by atoms with van der Waals surface area (Å²) < 4.78 is 11.6. The third-order valence-electron chi connectivity index (χ3n) is 3.95. The van der Waals surface area contributed by atoms with Gasteiger partial charge in [-0.25, -0.2) is 0 Å². The van der Waals surface area contributed by atoms with Crippen molar-refractivity contribution in [2.24, 2.45) is 0 Å². The van der Waals surface area contributed by atoms with Crippen LogP contribution in [0.3, 0.4) is 0 Å². The maximum absolute atomic E-state index is 11.6. The van der Waals surface area contributed by atoms with E-state index in [2.05, 4.69) is 11.0 Å². The second-order valence-electron chi connectivity index (χ2n) is 6.96. The largest absolute Gasteiger partial charge is 0.369 e. The van der Waals surface area contributed by atoms with E-state index < -0.39 is 0 Å². The fraction of sp³-hybridized carbons (Fsp3) is 0.556.